The first-order chi connectivity index (χ1) is 24.3. The van der Waals surface area contributed by atoms with E-state index in [1.807, 2.05) is 0 Å². The molecular formula is C42H81NO7. The zero-order valence-corrected chi connectivity index (χ0v) is 33.3. The molecule has 0 amide bonds. The Morgan fingerprint density at radius 1 is 0.600 bits per heavy atom. The van der Waals surface area contributed by atoms with Crippen LogP contribution in [0.5, 0.6) is 0 Å². The highest BCUT2D eigenvalue weighted by atomic mass is 16.7. The summed E-state index contributed by atoms with van der Waals surface area (Å²) in [6, 6.07) is 0. The molecule has 0 saturated carbocycles. The molecular weight excluding hydrogens is 630 g/mol. The number of ether oxygens (including phenoxy) is 4. The van der Waals surface area contributed by atoms with Crippen LogP contribution in [0.2, 0.25) is 0 Å². The van der Waals surface area contributed by atoms with E-state index in [9.17, 15) is 14.7 Å². The van der Waals surface area contributed by atoms with E-state index in [2.05, 4.69) is 32.7 Å². The molecule has 0 aliphatic carbocycles. The van der Waals surface area contributed by atoms with Crippen LogP contribution in [0.15, 0.2) is 0 Å². The van der Waals surface area contributed by atoms with Crippen molar-refractivity contribution in [2.24, 2.45) is 5.92 Å². The van der Waals surface area contributed by atoms with Gasteiger partial charge in [-0.1, -0.05) is 124 Å². The van der Waals surface area contributed by atoms with Gasteiger partial charge in [-0.3, -0.25) is 9.59 Å². The Bertz CT molecular complexity index is 772. The number of esters is 2. The molecule has 1 fully saturated rings. The highest BCUT2D eigenvalue weighted by Crippen LogP contribution is 2.29. The molecule has 296 valence electrons. The summed E-state index contributed by atoms with van der Waals surface area (Å²) in [6.45, 7) is 10.7. The molecule has 1 heterocycles. The average molecular weight is 712 g/mol. The van der Waals surface area contributed by atoms with Gasteiger partial charge in [-0.15, -0.1) is 0 Å². The van der Waals surface area contributed by atoms with E-state index in [1.54, 1.807) is 0 Å². The van der Waals surface area contributed by atoms with Gasteiger partial charge < -0.3 is 29.0 Å². The molecule has 0 aromatic heterocycles. The monoisotopic (exact) mass is 712 g/mol. The van der Waals surface area contributed by atoms with Gasteiger partial charge in [-0.05, 0) is 84.3 Å². The molecule has 0 aromatic rings. The Hall–Kier alpha value is -1.22. The fraction of sp³-hybridized carbons (Fsp3) is 0.952. The van der Waals surface area contributed by atoms with Crippen LogP contribution in [-0.4, -0.2) is 80.4 Å². The van der Waals surface area contributed by atoms with Crippen LogP contribution in [0.1, 0.15) is 194 Å². The number of hydrogen-bond donors (Lipinski definition) is 1. The third-order valence-electron chi connectivity index (χ3n) is 10.3. The van der Waals surface area contributed by atoms with Crippen molar-refractivity contribution in [1.82, 2.24) is 4.90 Å². The predicted molar refractivity (Wildman–Crippen MR) is 205 cm³/mol. The van der Waals surface area contributed by atoms with Gasteiger partial charge in [0, 0.05) is 13.2 Å². The molecule has 1 rings (SSSR count). The maximum atomic E-state index is 12.6. The van der Waals surface area contributed by atoms with Gasteiger partial charge in [0.2, 0.25) is 0 Å². The standard InChI is InChI=1S/C42H81NO7/c1-5-8-11-14-19-28-42(46,30-21-25-36-50-41(45)38-26-31-43(4)32-27-38)29-20-15-18-22-33-47-39(44)37-40(48-34-23-16-12-9-6-2)49-35-24-17-13-10-7-3/h38,40,46H,5-37H2,1-4H3. The van der Waals surface area contributed by atoms with E-state index in [1.165, 1.54) is 64.2 Å². The molecule has 1 N–H and O–H groups in total. The van der Waals surface area contributed by atoms with Crippen LogP contribution in [0.4, 0.5) is 0 Å². The summed E-state index contributed by atoms with van der Waals surface area (Å²) in [4.78, 5) is 27.3. The summed E-state index contributed by atoms with van der Waals surface area (Å²) < 4.78 is 23.1. The van der Waals surface area contributed by atoms with E-state index in [0.717, 1.165) is 116 Å². The summed E-state index contributed by atoms with van der Waals surface area (Å²) in [5.74, 6) is -0.251. The number of aliphatic hydroxyl groups is 1. The van der Waals surface area contributed by atoms with Crippen molar-refractivity contribution in [1.29, 1.82) is 0 Å². The first-order valence-electron chi connectivity index (χ1n) is 21.3. The Morgan fingerprint density at radius 3 is 1.50 bits per heavy atom. The van der Waals surface area contributed by atoms with Gasteiger partial charge in [-0.2, -0.15) is 0 Å². The van der Waals surface area contributed by atoms with Crippen LogP contribution in [0.3, 0.4) is 0 Å². The molecule has 1 saturated heterocycles. The number of carbonyl (C=O) groups is 2. The minimum Gasteiger partial charge on any atom is -0.466 e. The first-order valence-corrected chi connectivity index (χ1v) is 21.3. The van der Waals surface area contributed by atoms with E-state index in [0.29, 0.717) is 26.4 Å². The normalized spacial score (nSPS) is 15.4. The van der Waals surface area contributed by atoms with E-state index < -0.39 is 11.9 Å². The highest BCUT2D eigenvalue weighted by Gasteiger charge is 2.27. The first kappa shape index (κ1) is 46.8. The predicted octanol–water partition coefficient (Wildman–Crippen LogP) is 10.3. The second kappa shape index (κ2) is 32.4. The quantitative estimate of drug-likeness (QED) is 0.0394. The van der Waals surface area contributed by atoms with Gasteiger partial charge >= 0.3 is 11.9 Å². The number of hydrogen-bond acceptors (Lipinski definition) is 8. The maximum Gasteiger partial charge on any atom is 0.310 e. The van der Waals surface area contributed by atoms with Gasteiger partial charge in [-0.25, -0.2) is 0 Å². The fourth-order valence-corrected chi connectivity index (χ4v) is 6.82. The zero-order chi connectivity index (χ0) is 36.5. The second-order valence-electron chi connectivity index (χ2n) is 15.2. The van der Waals surface area contributed by atoms with Crippen molar-refractivity contribution in [2.75, 3.05) is 46.6 Å². The van der Waals surface area contributed by atoms with Gasteiger partial charge in [0.15, 0.2) is 6.29 Å². The number of rotatable bonds is 35. The van der Waals surface area contributed by atoms with Crippen molar-refractivity contribution >= 4 is 11.9 Å². The van der Waals surface area contributed by atoms with Gasteiger partial charge in [0.05, 0.1) is 31.2 Å². The van der Waals surface area contributed by atoms with Crippen LogP contribution < -0.4 is 0 Å². The average Bonchev–Trinajstić information content (AvgIpc) is 3.10. The number of piperidine rings is 1. The summed E-state index contributed by atoms with van der Waals surface area (Å²) in [5, 5.41) is 11.6. The topological polar surface area (TPSA) is 94.5 Å². The Balaban J connectivity index is 2.34. The van der Waals surface area contributed by atoms with Crippen LogP contribution in [0, 0.1) is 5.92 Å². The molecule has 0 aromatic carbocycles. The Labute approximate surface area is 308 Å². The van der Waals surface area contributed by atoms with Crippen molar-refractivity contribution < 1.29 is 33.6 Å². The Kier molecular flexibility index (Phi) is 30.4. The van der Waals surface area contributed by atoms with E-state index in [-0.39, 0.29) is 24.3 Å². The molecule has 1 unspecified atom stereocenters. The minimum atomic E-state index is -0.655. The lowest BCUT2D eigenvalue weighted by molar-refractivity contribution is -0.171. The molecule has 0 bridgehead atoms. The summed E-state index contributed by atoms with van der Waals surface area (Å²) in [6.07, 6.45) is 26.8. The maximum absolute atomic E-state index is 12.6. The van der Waals surface area contributed by atoms with Crippen LogP contribution in [-0.2, 0) is 28.5 Å². The third kappa shape index (κ3) is 26.5. The van der Waals surface area contributed by atoms with Crippen molar-refractivity contribution in [2.45, 2.75) is 206 Å². The SMILES string of the molecule is CCCCCCCOC(CC(=O)OCCCCCCC(O)(CCCCCCC)CCCCOC(=O)C1CCN(C)CC1)OCCCCCCC. The minimum absolute atomic E-state index is 0.0412. The molecule has 0 spiro atoms. The fourth-order valence-electron chi connectivity index (χ4n) is 6.82. The molecule has 8 heteroatoms. The lowest BCUT2D eigenvalue weighted by Crippen LogP contribution is -2.34. The van der Waals surface area contributed by atoms with Crippen molar-refractivity contribution in [3.05, 3.63) is 0 Å². The lowest BCUT2D eigenvalue weighted by Gasteiger charge is -2.29. The molecule has 1 aliphatic heterocycles. The summed E-state index contributed by atoms with van der Waals surface area (Å²) in [7, 11) is 2.10. The zero-order valence-electron chi connectivity index (χ0n) is 33.3. The number of likely N-dealkylation sites (tertiary alicyclic amines) is 1. The van der Waals surface area contributed by atoms with Gasteiger partial charge in [0.25, 0.3) is 0 Å². The molecule has 1 atom stereocenters. The third-order valence-corrected chi connectivity index (χ3v) is 10.3. The lowest BCUT2D eigenvalue weighted by atomic mass is 9.85. The van der Waals surface area contributed by atoms with Crippen molar-refractivity contribution in [3.8, 4) is 0 Å². The van der Waals surface area contributed by atoms with E-state index >= 15 is 0 Å². The van der Waals surface area contributed by atoms with Crippen LogP contribution >= 0.6 is 0 Å². The largest absolute Gasteiger partial charge is 0.466 e. The van der Waals surface area contributed by atoms with Crippen molar-refractivity contribution in [3.63, 3.8) is 0 Å². The number of unbranched alkanes of at least 4 members (excludes halogenated alkanes) is 16. The molecule has 50 heavy (non-hydrogen) atoms. The number of carbonyl (C=O) groups excluding carboxylic acids is 2. The molecule has 0 radical (unpaired) electrons. The van der Waals surface area contributed by atoms with E-state index in [4.69, 9.17) is 18.9 Å². The van der Waals surface area contributed by atoms with Crippen LogP contribution in [0.25, 0.3) is 0 Å². The smallest absolute Gasteiger partial charge is 0.310 e. The molecule has 1 aliphatic rings. The highest BCUT2D eigenvalue weighted by molar-refractivity contribution is 5.72. The van der Waals surface area contributed by atoms with Gasteiger partial charge in [0.1, 0.15) is 0 Å². The summed E-state index contributed by atoms with van der Waals surface area (Å²) >= 11 is 0. The molecule has 8 nitrogen and oxygen atoms in total. The Morgan fingerprint density at radius 2 is 1.00 bits per heavy atom. The second-order valence-corrected chi connectivity index (χ2v) is 15.2. The summed E-state index contributed by atoms with van der Waals surface area (Å²) in [5.41, 5.74) is -0.655. The number of nitrogens with zero attached hydrogens (tertiary/aromatic N) is 1.